The molecule has 6 aliphatic heterocycles. The molecule has 0 radical (unpaired) electrons. The van der Waals surface area contributed by atoms with E-state index in [1.807, 2.05) is 0 Å². The third-order valence-corrected chi connectivity index (χ3v) is 10.3. The van der Waals surface area contributed by atoms with Gasteiger partial charge < -0.3 is 43.0 Å². The summed E-state index contributed by atoms with van der Waals surface area (Å²) in [5.74, 6) is -0.559. The summed E-state index contributed by atoms with van der Waals surface area (Å²) in [6, 6.07) is 0. The minimum absolute atomic E-state index is 0.0641. The molecule has 6 fully saturated rings. The fraction of sp³-hybridized carbons (Fsp3) is 0.966. The van der Waals surface area contributed by atoms with Gasteiger partial charge in [-0.15, -0.1) is 0 Å². The summed E-state index contributed by atoms with van der Waals surface area (Å²) in [7, 11) is 1.37. The third kappa shape index (κ3) is 5.18. The molecule has 6 rings (SSSR count). The number of ether oxygens (including phenoxy) is 8. The van der Waals surface area contributed by atoms with E-state index in [1.54, 1.807) is 0 Å². The van der Waals surface area contributed by atoms with Gasteiger partial charge in [-0.25, -0.2) is 0 Å². The van der Waals surface area contributed by atoms with Crippen LogP contribution in [-0.2, 0) is 42.7 Å². The molecule has 6 heterocycles. The number of fused-ring (bicyclic) bond motifs is 4. The van der Waals surface area contributed by atoms with Gasteiger partial charge in [0.25, 0.3) is 0 Å². The van der Waals surface area contributed by atoms with E-state index in [2.05, 4.69) is 27.7 Å². The van der Waals surface area contributed by atoms with Crippen molar-refractivity contribution < 1.29 is 47.8 Å². The number of carbonyl (C=O) groups is 1. The molecule has 1 N–H and O–H groups in total. The molecule has 0 unspecified atom stereocenters. The number of rotatable bonds is 2. The predicted octanol–water partition coefficient (Wildman–Crippen LogP) is 2.57. The van der Waals surface area contributed by atoms with Crippen molar-refractivity contribution in [2.24, 2.45) is 23.7 Å². The zero-order valence-corrected chi connectivity index (χ0v) is 23.9. The highest BCUT2D eigenvalue weighted by Gasteiger charge is 2.60. The Hall–Kier alpha value is -0.850. The third-order valence-electron chi connectivity index (χ3n) is 10.3. The maximum atomic E-state index is 11.8. The van der Waals surface area contributed by atoms with Gasteiger partial charge in [-0.2, -0.15) is 0 Å². The summed E-state index contributed by atoms with van der Waals surface area (Å²) < 4.78 is 49.9. The lowest BCUT2D eigenvalue weighted by Gasteiger charge is -2.51. The second kappa shape index (κ2) is 11.1. The lowest BCUT2D eigenvalue weighted by Crippen LogP contribution is -2.60. The minimum Gasteiger partial charge on any atom is -0.469 e. The molecule has 0 aromatic carbocycles. The van der Waals surface area contributed by atoms with E-state index in [1.165, 1.54) is 7.11 Å². The lowest BCUT2D eigenvalue weighted by atomic mass is 9.76. The number of methoxy groups -OCH3 is 1. The molecule has 10 nitrogen and oxygen atoms in total. The SMILES string of the molecule is COC(=O)C[C@H]1OC[C@@H]2O[C@@H]3C[C@@H]4O[C@@H]5[C@@H](C)[C@H](C)[C@@]6(CCCO6)O[C@H]5[C@@H](O)[C@H](C)[C@H]4O[C@H]3C[C@@H](C)C[C@H]2O1. The van der Waals surface area contributed by atoms with Crippen LogP contribution in [0.1, 0.15) is 66.2 Å². The van der Waals surface area contributed by atoms with E-state index in [0.717, 1.165) is 25.7 Å². The molecule has 0 amide bonds. The van der Waals surface area contributed by atoms with Crippen LogP contribution in [0.2, 0.25) is 0 Å². The Balaban J connectivity index is 1.19. The predicted molar refractivity (Wildman–Crippen MR) is 137 cm³/mol. The van der Waals surface area contributed by atoms with Crippen molar-refractivity contribution >= 4 is 5.97 Å². The van der Waals surface area contributed by atoms with Crippen molar-refractivity contribution in [3.63, 3.8) is 0 Å². The number of hydrogen-bond acceptors (Lipinski definition) is 10. The van der Waals surface area contributed by atoms with Crippen molar-refractivity contribution in [2.45, 2.75) is 133 Å². The minimum atomic E-state index is -0.722. The molecule has 0 saturated carbocycles. The molecule has 6 aliphatic rings. The first-order valence-electron chi connectivity index (χ1n) is 15.0. The van der Waals surface area contributed by atoms with Crippen LogP contribution in [0.5, 0.6) is 0 Å². The van der Waals surface area contributed by atoms with E-state index in [0.29, 0.717) is 25.6 Å². The van der Waals surface area contributed by atoms with E-state index in [-0.39, 0.29) is 72.9 Å². The average Bonchev–Trinajstić information content (AvgIpc) is 3.35. The summed E-state index contributed by atoms with van der Waals surface area (Å²) in [5.41, 5.74) is 0. The van der Waals surface area contributed by atoms with Gasteiger partial charge in [-0.3, -0.25) is 4.79 Å². The van der Waals surface area contributed by atoms with Gasteiger partial charge in [0.15, 0.2) is 12.1 Å². The van der Waals surface area contributed by atoms with E-state index in [9.17, 15) is 9.90 Å². The fourth-order valence-corrected chi connectivity index (χ4v) is 7.88. The number of carbonyl (C=O) groups excluding carboxylic acids is 1. The normalized spacial score (nSPS) is 53.8. The Labute approximate surface area is 231 Å². The maximum Gasteiger partial charge on any atom is 0.310 e. The molecule has 0 aliphatic carbocycles. The fourth-order valence-electron chi connectivity index (χ4n) is 7.88. The molecule has 0 aromatic heterocycles. The highest BCUT2D eigenvalue weighted by atomic mass is 16.7. The number of aliphatic hydroxyl groups excluding tert-OH is 1. The Morgan fingerprint density at radius 3 is 2.31 bits per heavy atom. The van der Waals surface area contributed by atoms with Crippen molar-refractivity contribution in [2.75, 3.05) is 20.3 Å². The van der Waals surface area contributed by atoms with Crippen LogP contribution >= 0.6 is 0 Å². The highest BCUT2D eigenvalue weighted by molar-refractivity contribution is 5.69. The summed E-state index contributed by atoms with van der Waals surface area (Å²) in [4.78, 5) is 11.8. The summed E-state index contributed by atoms with van der Waals surface area (Å²) >= 11 is 0. The van der Waals surface area contributed by atoms with Crippen LogP contribution in [0, 0.1) is 23.7 Å². The van der Waals surface area contributed by atoms with Gasteiger partial charge in [-0.05, 0) is 31.1 Å². The van der Waals surface area contributed by atoms with Gasteiger partial charge in [0.1, 0.15) is 12.2 Å². The van der Waals surface area contributed by atoms with Crippen molar-refractivity contribution in [1.29, 1.82) is 0 Å². The highest BCUT2D eigenvalue weighted by Crippen LogP contribution is 2.50. The van der Waals surface area contributed by atoms with Crippen LogP contribution in [0.15, 0.2) is 0 Å². The molecule has 1 spiro atoms. The van der Waals surface area contributed by atoms with Gasteiger partial charge in [0.05, 0.1) is 69.5 Å². The van der Waals surface area contributed by atoms with Crippen LogP contribution in [0.25, 0.3) is 0 Å². The van der Waals surface area contributed by atoms with E-state index >= 15 is 0 Å². The molecule has 10 heteroatoms. The Morgan fingerprint density at radius 2 is 1.59 bits per heavy atom. The first-order valence-corrected chi connectivity index (χ1v) is 15.0. The average molecular weight is 555 g/mol. The molecular formula is C29H46O10. The van der Waals surface area contributed by atoms with Gasteiger partial charge in [-0.1, -0.05) is 27.7 Å². The number of esters is 1. The quantitative estimate of drug-likeness (QED) is 0.511. The zero-order chi connectivity index (χ0) is 27.5. The van der Waals surface area contributed by atoms with Crippen molar-refractivity contribution in [3.8, 4) is 0 Å². The molecule has 15 atom stereocenters. The first-order chi connectivity index (χ1) is 18.7. The second-order valence-electron chi connectivity index (χ2n) is 12.9. The standard InChI is InChI=1S/C29H46O10/c1-14-9-18-20(35-22-13-33-24(12-23(30)32-5)36-19(22)10-14)11-21-26(37-18)16(3)25(31)28-27(38-21)15(2)17(4)29(39-28)7-6-8-34-29/h14-22,24-28,31H,6-13H2,1-5H3/t14-,15+,16+,17+,18+,19-,20-,21+,22+,24+,25+,26-,27-,28+,29-/m1/s1. The first kappa shape index (κ1) is 28.3. The summed E-state index contributed by atoms with van der Waals surface area (Å²) in [6.45, 7) is 9.66. The van der Waals surface area contributed by atoms with Gasteiger partial charge in [0, 0.05) is 24.7 Å². The lowest BCUT2D eigenvalue weighted by molar-refractivity contribution is -0.339. The van der Waals surface area contributed by atoms with Crippen LogP contribution < -0.4 is 0 Å². The summed E-state index contributed by atoms with van der Waals surface area (Å²) in [6.07, 6.45) is 0.857. The van der Waals surface area contributed by atoms with Crippen molar-refractivity contribution in [3.05, 3.63) is 0 Å². The van der Waals surface area contributed by atoms with Gasteiger partial charge >= 0.3 is 5.97 Å². The number of aliphatic hydroxyl groups is 1. The van der Waals surface area contributed by atoms with Gasteiger partial charge in [0.2, 0.25) is 0 Å². The topological polar surface area (TPSA) is 111 Å². The molecular weight excluding hydrogens is 508 g/mol. The van der Waals surface area contributed by atoms with E-state index < -0.39 is 24.3 Å². The number of hydrogen-bond donors (Lipinski definition) is 1. The molecule has 39 heavy (non-hydrogen) atoms. The van der Waals surface area contributed by atoms with Crippen LogP contribution in [-0.4, -0.2) is 98.4 Å². The monoisotopic (exact) mass is 554 g/mol. The van der Waals surface area contributed by atoms with Crippen molar-refractivity contribution in [1.82, 2.24) is 0 Å². The molecule has 6 saturated heterocycles. The largest absolute Gasteiger partial charge is 0.469 e. The smallest absolute Gasteiger partial charge is 0.310 e. The maximum absolute atomic E-state index is 11.8. The van der Waals surface area contributed by atoms with Crippen LogP contribution in [0.4, 0.5) is 0 Å². The molecule has 0 aromatic rings. The molecule has 0 bridgehead atoms. The zero-order valence-electron chi connectivity index (χ0n) is 23.9. The van der Waals surface area contributed by atoms with Crippen LogP contribution in [0.3, 0.4) is 0 Å². The summed E-state index contributed by atoms with van der Waals surface area (Å²) in [5, 5.41) is 11.6. The van der Waals surface area contributed by atoms with E-state index in [4.69, 9.17) is 37.9 Å². The molecule has 222 valence electrons. The second-order valence-corrected chi connectivity index (χ2v) is 12.9. The Morgan fingerprint density at radius 1 is 0.872 bits per heavy atom. The Kier molecular flexibility index (Phi) is 8.04. The Bertz CT molecular complexity index is 878.